The highest BCUT2D eigenvalue weighted by atomic mass is 19.3. The molecule has 7 heteroatoms. The summed E-state index contributed by atoms with van der Waals surface area (Å²) in [5, 5.41) is 8.63. The summed E-state index contributed by atoms with van der Waals surface area (Å²) in [6.07, 6.45) is -2.35. The van der Waals surface area contributed by atoms with Crippen LogP contribution in [-0.4, -0.2) is 16.1 Å². The predicted molar refractivity (Wildman–Crippen MR) is 52.8 cm³/mol. The topological polar surface area (TPSA) is 102 Å². The second-order valence-electron chi connectivity index (χ2n) is 3.13. The Morgan fingerprint density at radius 3 is 2.56 bits per heavy atom. The maximum atomic E-state index is 12.6. The second kappa shape index (κ2) is 4.84. The lowest BCUT2D eigenvalue weighted by Crippen LogP contribution is -2.14. The van der Waals surface area contributed by atoms with E-state index in [0.29, 0.717) is 0 Å². The van der Waals surface area contributed by atoms with Gasteiger partial charge in [-0.2, -0.15) is 0 Å². The van der Waals surface area contributed by atoms with Gasteiger partial charge in [0.05, 0.1) is 18.3 Å². The van der Waals surface area contributed by atoms with Gasteiger partial charge in [-0.25, -0.2) is 8.78 Å². The number of hydrogen-bond acceptors (Lipinski definition) is 4. The second-order valence-corrected chi connectivity index (χ2v) is 3.13. The summed E-state index contributed by atoms with van der Waals surface area (Å²) >= 11 is 0. The van der Waals surface area contributed by atoms with Gasteiger partial charge in [-0.1, -0.05) is 0 Å². The number of hydrogen-bond donors (Lipinski definition) is 3. The molecule has 0 saturated heterocycles. The fourth-order valence-electron chi connectivity index (χ4n) is 1.40. The summed E-state index contributed by atoms with van der Waals surface area (Å²) in [4.78, 5) is 14.0. The molecular weight excluding hydrogens is 220 g/mol. The number of pyridine rings is 1. The molecule has 5 N–H and O–H groups in total. The summed E-state index contributed by atoms with van der Waals surface area (Å²) in [5.74, 6) is -1.23. The van der Waals surface area contributed by atoms with Crippen LogP contribution in [0, 0.1) is 0 Å². The first-order valence-corrected chi connectivity index (χ1v) is 4.43. The van der Waals surface area contributed by atoms with Gasteiger partial charge in [0.1, 0.15) is 5.69 Å². The van der Waals surface area contributed by atoms with Gasteiger partial charge in [0.2, 0.25) is 0 Å². The van der Waals surface area contributed by atoms with E-state index in [4.69, 9.17) is 16.6 Å². The summed E-state index contributed by atoms with van der Waals surface area (Å²) < 4.78 is 25.2. The van der Waals surface area contributed by atoms with E-state index in [2.05, 4.69) is 4.98 Å². The number of carboxylic acids is 1. The average molecular weight is 231 g/mol. The lowest BCUT2D eigenvalue weighted by Gasteiger charge is -2.13. The SMILES string of the molecule is NCc1c(N)cnc(C(F)F)c1CC(=O)O. The molecule has 0 fully saturated rings. The molecule has 16 heavy (non-hydrogen) atoms. The van der Waals surface area contributed by atoms with Gasteiger partial charge in [-0.3, -0.25) is 9.78 Å². The largest absolute Gasteiger partial charge is 0.481 e. The number of rotatable bonds is 4. The fourth-order valence-corrected chi connectivity index (χ4v) is 1.40. The molecule has 0 bridgehead atoms. The number of carboxylic acid groups (broad SMARTS) is 1. The molecule has 5 nitrogen and oxygen atoms in total. The Kier molecular flexibility index (Phi) is 3.73. The Labute approximate surface area is 90.1 Å². The quantitative estimate of drug-likeness (QED) is 0.707. The third-order valence-electron chi connectivity index (χ3n) is 2.10. The fraction of sp³-hybridized carbons (Fsp3) is 0.333. The van der Waals surface area contributed by atoms with Crippen LogP contribution in [0.3, 0.4) is 0 Å². The van der Waals surface area contributed by atoms with Gasteiger partial charge in [0.25, 0.3) is 6.43 Å². The Morgan fingerprint density at radius 1 is 1.50 bits per heavy atom. The van der Waals surface area contributed by atoms with Crippen molar-refractivity contribution in [2.75, 3.05) is 5.73 Å². The summed E-state index contributed by atoms with van der Waals surface area (Å²) in [5.41, 5.74) is 10.5. The average Bonchev–Trinajstić information content (AvgIpc) is 2.16. The van der Waals surface area contributed by atoms with E-state index in [1.807, 2.05) is 0 Å². The van der Waals surface area contributed by atoms with Crippen LogP contribution in [0.15, 0.2) is 6.20 Å². The number of aromatic nitrogens is 1. The number of nitrogen functional groups attached to an aromatic ring is 1. The number of halogens is 2. The molecule has 1 rings (SSSR count). The minimum Gasteiger partial charge on any atom is -0.481 e. The summed E-state index contributed by atoms with van der Waals surface area (Å²) in [6.45, 7) is -0.101. The molecule has 1 heterocycles. The maximum absolute atomic E-state index is 12.6. The number of aliphatic carboxylic acids is 1. The minimum atomic E-state index is -2.85. The number of anilines is 1. The normalized spacial score (nSPS) is 10.8. The van der Waals surface area contributed by atoms with Crippen LogP contribution in [0.2, 0.25) is 0 Å². The molecular formula is C9H11F2N3O2. The first kappa shape index (κ1) is 12.3. The van der Waals surface area contributed by atoms with Gasteiger partial charge < -0.3 is 16.6 Å². The van der Waals surface area contributed by atoms with E-state index in [9.17, 15) is 13.6 Å². The summed E-state index contributed by atoms with van der Waals surface area (Å²) in [6, 6.07) is 0. The zero-order valence-corrected chi connectivity index (χ0v) is 8.28. The van der Waals surface area contributed by atoms with Crippen LogP contribution in [-0.2, 0) is 17.8 Å². The molecule has 0 amide bonds. The molecule has 0 unspecified atom stereocenters. The first-order valence-electron chi connectivity index (χ1n) is 4.43. The van der Waals surface area contributed by atoms with Crippen LogP contribution in [0.25, 0.3) is 0 Å². The maximum Gasteiger partial charge on any atom is 0.307 e. The summed E-state index contributed by atoms with van der Waals surface area (Å²) in [7, 11) is 0. The molecule has 88 valence electrons. The smallest absolute Gasteiger partial charge is 0.307 e. The molecule has 0 aliphatic rings. The highest BCUT2D eigenvalue weighted by Gasteiger charge is 2.21. The van der Waals surface area contributed by atoms with E-state index in [-0.39, 0.29) is 23.4 Å². The standard InChI is InChI=1S/C9H11F2N3O2/c10-9(11)8-4(1-7(15)16)5(2-12)6(13)3-14-8/h3,9H,1-2,12-13H2,(H,15,16). The predicted octanol–water partition coefficient (Wildman–Crippen LogP) is 0.687. The monoisotopic (exact) mass is 231 g/mol. The van der Waals surface area contributed by atoms with Gasteiger partial charge in [0, 0.05) is 6.54 Å². The van der Waals surface area contributed by atoms with Crippen molar-refractivity contribution in [2.45, 2.75) is 19.4 Å². The van der Waals surface area contributed by atoms with E-state index in [1.54, 1.807) is 0 Å². The zero-order valence-electron chi connectivity index (χ0n) is 8.28. The van der Waals surface area contributed by atoms with Crippen LogP contribution in [0.5, 0.6) is 0 Å². The van der Waals surface area contributed by atoms with Gasteiger partial charge in [0.15, 0.2) is 0 Å². The van der Waals surface area contributed by atoms with Crippen molar-refractivity contribution in [2.24, 2.45) is 5.73 Å². The van der Waals surface area contributed by atoms with Crippen molar-refractivity contribution in [3.05, 3.63) is 23.0 Å². The van der Waals surface area contributed by atoms with Gasteiger partial charge >= 0.3 is 5.97 Å². The van der Waals surface area contributed by atoms with Crippen LogP contribution < -0.4 is 11.5 Å². The van der Waals surface area contributed by atoms with Crippen molar-refractivity contribution in [1.82, 2.24) is 4.98 Å². The lowest BCUT2D eigenvalue weighted by atomic mass is 10.0. The minimum absolute atomic E-state index is 0.0926. The number of carbonyl (C=O) groups is 1. The molecule has 0 spiro atoms. The van der Waals surface area contributed by atoms with Crippen LogP contribution in [0.1, 0.15) is 23.2 Å². The van der Waals surface area contributed by atoms with E-state index < -0.39 is 24.5 Å². The third kappa shape index (κ3) is 2.43. The Hall–Kier alpha value is -1.76. The third-order valence-corrected chi connectivity index (χ3v) is 2.10. The first-order chi connectivity index (χ1) is 7.47. The molecule has 1 aromatic rings. The van der Waals surface area contributed by atoms with Crippen molar-refractivity contribution in [3.63, 3.8) is 0 Å². The van der Waals surface area contributed by atoms with Gasteiger partial charge in [-0.15, -0.1) is 0 Å². The van der Waals surface area contributed by atoms with Crippen molar-refractivity contribution >= 4 is 11.7 Å². The Bertz CT molecular complexity index is 410. The molecule has 1 aromatic heterocycles. The molecule has 0 radical (unpaired) electrons. The molecule has 0 aromatic carbocycles. The highest BCUT2D eigenvalue weighted by molar-refractivity contribution is 5.72. The Morgan fingerprint density at radius 2 is 2.12 bits per heavy atom. The molecule has 0 aliphatic heterocycles. The number of nitrogens with zero attached hydrogens (tertiary/aromatic N) is 1. The highest BCUT2D eigenvalue weighted by Crippen LogP contribution is 2.26. The molecule has 0 atom stereocenters. The zero-order chi connectivity index (χ0) is 12.3. The van der Waals surface area contributed by atoms with Crippen LogP contribution >= 0.6 is 0 Å². The van der Waals surface area contributed by atoms with Crippen molar-refractivity contribution < 1.29 is 18.7 Å². The Balaban J connectivity index is 3.34. The molecule has 0 aliphatic carbocycles. The van der Waals surface area contributed by atoms with Crippen molar-refractivity contribution in [3.8, 4) is 0 Å². The number of alkyl halides is 2. The van der Waals surface area contributed by atoms with E-state index in [0.717, 1.165) is 6.20 Å². The van der Waals surface area contributed by atoms with E-state index in [1.165, 1.54) is 0 Å². The van der Waals surface area contributed by atoms with Crippen LogP contribution in [0.4, 0.5) is 14.5 Å². The lowest BCUT2D eigenvalue weighted by molar-refractivity contribution is -0.136. The molecule has 0 saturated carbocycles. The van der Waals surface area contributed by atoms with Gasteiger partial charge in [-0.05, 0) is 11.1 Å². The number of nitrogens with two attached hydrogens (primary N) is 2. The van der Waals surface area contributed by atoms with Crippen molar-refractivity contribution in [1.29, 1.82) is 0 Å². The van der Waals surface area contributed by atoms with E-state index >= 15 is 0 Å².